The van der Waals surface area contributed by atoms with E-state index in [0.29, 0.717) is 4.96 Å². The fourth-order valence-electron chi connectivity index (χ4n) is 2.73. The topological polar surface area (TPSA) is 72.7 Å². The summed E-state index contributed by atoms with van der Waals surface area (Å²) in [4.78, 5) is 29.8. The van der Waals surface area contributed by atoms with Crippen molar-refractivity contribution in [3.63, 3.8) is 0 Å². The summed E-state index contributed by atoms with van der Waals surface area (Å²) in [6.45, 7) is 3.76. The van der Waals surface area contributed by atoms with Gasteiger partial charge < -0.3 is 10.1 Å². The normalized spacial score (nSPS) is 12.1. The molecule has 26 heavy (non-hydrogen) atoms. The van der Waals surface area contributed by atoms with Gasteiger partial charge >= 0.3 is 0 Å². The van der Waals surface area contributed by atoms with Crippen molar-refractivity contribution in [2.24, 2.45) is 0 Å². The lowest BCUT2D eigenvalue weighted by molar-refractivity contribution is 0.0936. The summed E-state index contributed by atoms with van der Waals surface area (Å²) in [6, 6.07) is 7.80. The largest absolute Gasteiger partial charge is 0.497 e. The van der Waals surface area contributed by atoms with Crippen LogP contribution in [0.15, 0.2) is 40.6 Å². The van der Waals surface area contributed by atoms with Gasteiger partial charge in [-0.2, -0.15) is 0 Å². The van der Waals surface area contributed by atoms with E-state index in [1.54, 1.807) is 7.11 Å². The highest BCUT2D eigenvalue weighted by Crippen LogP contribution is 2.14. The molecule has 0 spiro atoms. The number of thiazole rings is 1. The maximum Gasteiger partial charge on any atom is 0.271 e. The number of carbonyl (C=O) groups excluding carboxylic acids is 1. The van der Waals surface area contributed by atoms with Crippen molar-refractivity contribution < 1.29 is 9.53 Å². The van der Waals surface area contributed by atoms with Crippen LogP contribution >= 0.6 is 11.3 Å². The molecule has 1 atom stereocenters. The fourth-order valence-corrected chi connectivity index (χ4v) is 3.56. The summed E-state index contributed by atoms with van der Waals surface area (Å²) >= 11 is 1.38. The Kier molecular flexibility index (Phi) is 5.37. The lowest BCUT2D eigenvalue weighted by Crippen LogP contribution is -2.37. The monoisotopic (exact) mass is 371 g/mol. The molecule has 0 fully saturated rings. The smallest absolute Gasteiger partial charge is 0.271 e. The summed E-state index contributed by atoms with van der Waals surface area (Å²) < 4.78 is 6.62. The number of carbonyl (C=O) groups is 1. The molecule has 3 aromatic rings. The van der Waals surface area contributed by atoms with Gasteiger partial charge in [0.25, 0.3) is 11.5 Å². The van der Waals surface area contributed by atoms with Crippen molar-refractivity contribution in [2.45, 2.75) is 32.7 Å². The predicted molar refractivity (Wildman–Crippen MR) is 102 cm³/mol. The van der Waals surface area contributed by atoms with Gasteiger partial charge in [0.2, 0.25) is 0 Å². The Hall–Kier alpha value is -2.67. The average Bonchev–Trinajstić information content (AvgIpc) is 3.02. The van der Waals surface area contributed by atoms with Gasteiger partial charge in [0.1, 0.15) is 11.3 Å². The number of aromatic nitrogens is 2. The Labute approximate surface area is 155 Å². The minimum Gasteiger partial charge on any atom is -0.497 e. The van der Waals surface area contributed by atoms with Crippen molar-refractivity contribution in [1.82, 2.24) is 14.7 Å². The van der Waals surface area contributed by atoms with Gasteiger partial charge in [0.15, 0.2) is 4.96 Å². The number of aryl methyl sites for hydroxylation is 2. The summed E-state index contributed by atoms with van der Waals surface area (Å²) in [5, 5.41) is 4.74. The summed E-state index contributed by atoms with van der Waals surface area (Å²) in [5.41, 5.74) is 1.70. The second kappa shape index (κ2) is 7.70. The highest BCUT2D eigenvalue weighted by molar-refractivity contribution is 7.15. The molecule has 2 heterocycles. The Morgan fingerprint density at radius 1 is 1.35 bits per heavy atom. The van der Waals surface area contributed by atoms with Crippen molar-refractivity contribution in [3.05, 3.63) is 63.0 Å². The molecule has 0 aliphatic heterocycles. The van der Waals surface area contributed by atoms with Crippen molar-refractivity contribution in [2.75, 3.05) is 7.11 Å². The quantitative estimate of drug-likeness (QED) is 0.723. The Morgan fingerprint density at radius 2 is 2.08 bits per heavy atom. The minimum absolute atomic E-state index is 0.0618. The lowest BCUT2D eigenvalue weighted by atomic mass is 10.1. The lowest BCUT2D eigenvalue weighted by Gasteiger charge is -2.14. The van der Waals surface area contributed by atoms with Crippen LogP contribution in [0.1, 0.15) is 35.0 Å². The zero-order chi connectivity index (χ0) is 18.7. The van der Waals surface area contributed by atoms with Crippen LogP contribution < -0.4 is 15.6 Å². The van der Waals surface area contributed by atoms with E-state index in [9.17, 15) is 9.59 Å². The molecule has 0 aliphatic rings. The molecule has 7 heteroatoms. The molecular weight excluding hydrogens is 350 g/mol. The Bertz CT molecular complexity index is 976. The number of nitrogens with zero attached hydrogens (tertiary/aromatic N) is 2. The van der Waals surface area contributed by atoms with E-state index in [1.807, 2.05) is 43.5 Å². The number of hydrogen-bond acceptors (Lipinski definition) is 5. The Morgan fingerprint density at radius 3 is 2.77 bits per heavy atom. The molecule has 1 aromatic carbocycles. The number of benzene rings is 1. The third kappa shape index (κ3) is 3.77. The second-order valence-corrected chi connectivity index (χ2v) is 7.07. The van der Waals surface area contributed by atoms with Crippen molar-refractivity contribution in [3.8, 4) is 5.75 Å². The Balaban J connectivity index is 1.64. The van der Waals surface area contributed by atoms with E-state index in [-0.39, 0.29) is 23.1 Å². The second-order valence-electron chi connectivity index (χ2n) is 6.23. The summed E-state index contributed by atoms with van der Waals surface area (Å²) in [6.07, 6.45) is 2.96. The van der Waals surface area contributed by atoms with Crippen LogP contribution in [0.5, 0.6) is 5.75 Å². The van der Waals surface area contributed by atoms with E-state index in [1.165, 1.54) is 27.5 Å². The fraction of sp³-hybridized carbons (Fsp3) is 0.316. The number of amides is 1. The van der Waals surface area contributed by atoms with Gasteiger partial charge in [-0.15, -0.1) is 11.3 Å². The predicted octanol–water partition coefficient (Wildman–Crippen LogP) is 2.82. The van der Waals surface area contributed by atoms with Crippen LogP contribution in [0, 0.1) is 6.92 Å². The van der Waals surface area contributed by atoms with E-state index in [2.05, 4.69) is 10.3 Å². The van der Waals surface area contributed by atoms with Gasteiger partial charge in [0.05, 0.1) is 7.11 Å². The van der Waals surface area contributed by atoms with Crippen LogP contribution in [0.4, 0.5) is 0 Å². The maximum atomic E-state index is 12.5. The SMILES string of the molecule is COc1ccc(CC[C@H](C)NC(=O)c2cnc3scc(C)n3c2=O)cc1. The number of hydrogen-bond donors (Lipinski definition) is 1. The van der Waals surface area contributed by atoms with Crippen molar-refractivity contribution in [1.29, 1.82) is 0 Å². The number of rotatable bonds is 6. The van der Waals surface area contributed by atoms with Crippen LogP contribution in [0.2, 0.25) is 0 Å². The first kappa shape index (κ1) is 18.1. The first-order valence-electron chi connectivity index (χ1n) is 8.39. The molecule has 0 saturated carbocycles. The minimum atomic E-state index is -0.385. The summed E-state index contributed by atoms with van der Waals surface area (Å²) in [7, 11) is 1.64. The van der Waals surface area contributed by atoms with Crippen molar-refractivity contribution >= 4 is 22.2 Å². The third-order valence-electron chi connectivity index (χ3n) is 4.26. The van der Waals surface area contributed by atoms with E-state index in [4.69, 9.17) is 4.74 Å². The molecule has 0 aliphatic carbocycles. The number of nitrogens with one attached hydrogen (secondary N) is 1. The zero-order valence-electron chi connectivity index (χ0n) is 15.0. The van der Waals surface area contributed by atoms with E-state index < -0.39 is 0 Å². The van der Waals surface area contributed by atoms with E-state index in [0.717, 1.165) is 24.3 Å². The molecule has 2 aromatic heterocycles. The van der Waals surface area contributed by atoms with Crippen LogP contribution in [0.25, 0.3) is 4.96 Å². The third-order valence-corrected chi connectivity index (χ3v) is 5.22. The molecule has 1 amide bonds. The molecule has 0 unspecified atom stereocenters. The van der Waals surface area contributed by atoms with Crippen LogP contribution in [0.3, 0.4) is 0 Å². The average molecular weight is 371 g/mol. The molecule has 3 rings (SSSR count). The molecule has 0 saturated heterocycles. The van der Waals surface area contributed by atoms with Gasteiger partial charge in [-0.05, 0) is 44.4 Å². The zero-order valence-corrected chi connectivity index (χ0v) is 15.8. The number of ether oxygens (including phenoxy) is 1. The maximum absolute atomic E-state index is 12.5. The van der Waals surface area contributed by atoms with Gasteiger partial charge in [-0.1, -0.05) is 12.1 Å². The van der Waals surface area contributed by atoms with Crippen LogP contribution in [-0.4, -0.2) is 28.4 Å². The number of methoxy groups -OCH3 is 1. The highest BCUT2D eigenvalue weighted by Gasteiger charge is 2.17. The first-order valence-corrected chi connectivity index (χ1v) is 9.27. The molecule has 0 bridgehead atoms. The standard InChI is InChI=1S/C19H21N3O3S/c1-12(4-5-14-6-8-15(25-3)9-7-14)21-17(23)16-10-20-19-22(18(16)24)13(2)11-26-19/h6-12H,4-5H2,1-3H3,(H,21,23)/t12-/m0/s1. The van der Waals surface area contributed by atoms with Gasteiger partial charge in [-0.3, -0.25) is 14.0 Å². The molecule has 6 nitrogen and oxygen atoms in total. The van der Waals surface area contributed by atoms with Gasteiger partial charge in [-0.25, -0.2) is 4.98 Å². The number of fused-ring (bicyclic) bond motifs is 1. The summed E-state index contributed by atoms with van der Waals surface area (Å²) in [5.74, 6) is 0.437. The molecule has 0 radical (unpaired) electrons. The van der Waals surface area contributed by atoms with E-state index >= 15 is 0 Å². The molecule has 136 valence electrons. The molecular formula is C19H21N3O3S. The van der Waals surface area contributed by atoms with Crippen LogP contribution in [-0.2, 0) is 6.42 Å². The first-order chi connectivity index (χ1) is 12.5. The molecule has 1 N–H and O–H groups in total. The van der Waals surface area contributed by atoms with Gasteiger partial charge in [0, 0.05) is 23.3 Å². The highest BCUT2D eigenvalue weighted by atomic mass is 32.1.